The van der Waals surface area contributed by atoms with E-state index in [2.05, 4.69) is 20.8 Å². The zero-order valence-corrected chi connectivity index (χ0v) is 16.5. The Balaban J connectivity index is 1.62. The predicted molar refractivity (Wildman–Crippen MR) is 102 cm³/mol. The van der Waals surface area contributed by atoms with E-state index < -0.39 is 0 Å². The molecule has 2 aromatic heterocycles. The fourth-order valence-corrected chi connectivity index (χ4v) is 3.62. The average Bonchev–Trinajstić information content (AvgIpc) is 3.13. The van der Waals surface area contributed by atoms with Gasteiger partial charge in [-0.05, 0) is 26.7 Å². The molecule has 0 aromatic carbocycles. The molecule has 0 saturated heterocycles. The molecule has 2 amide bonds. The minimum atomic E-state index is -0.272. The molecule has 1 aliphatic rings. The lowest BCUT2D eigenvalue weighted by atomic mass is 9.89. The molecule has 0 unspecified atom stereocenters. The lowest BCUT2D eigenvalue weighted by Crippen LogP contribution is -2.25. The maximum Gasteiger partial charge on any atom is 0.272 e. The fraction of sp³-hybridized carbons (Fsp3) is 0.579. The van der Waals surface area contributed by atoms with E-state index in [0.717, 1.165) is 42.6 Å². The van der Waals surface area contributed by atoms with Crippen LogP contribution in [0.25, 0.3) is 0 Å². The minimum Gasteiger partial charge on any atom is -0.346 e. The van der Waals surface area contributed by atoms with Crippen LogP contribution < -0.4 is 10.6 Å². The number of aromatic nitrogens is 4. The van der Waals surface area contributed by atoms with Gasteiger partial charge in [0, 0.05) is 43.9 Å². The van der Waals surface area contributed by atoms with E-state index in [1.165, 1.54) is 11.1 Å². The van der Waals surface area contributed by atoms with Gasteiger partial charge in [0.15, 0.2) is 5.69 Å². The van der Waals surface area contributed by atoms with Crippen molar-refractivity contribution in [3.63, 3.8) is 0 Å². The molecule has 27 heavy (non-hydrogen) atoms. The summed E-state index contributed by atoms with van der Waals surface area (Å²) >= 11 is 0. The van der Waals surface area contributed by atoms with Crippen LogP contribution in [0.1, 0.15) is 59.5 Å². The Morgan fingerprint density at radius 1 is 1.11 bits per heavy atom. The molecule has 3 rings (SSSR count). The van der Waals surface area contributed by atoms with Crippen molar-refractivity contribution in [2.45, 2.75) is 52.5 Å². The third kappa shape index (κ3) is 4.20. The molecule has 0 spiro atoms. The first kappa shape index (κ1) is 19.1. The van der Waals surface area contributed by atoms with E-state index in [4.69, 9.17) is 0 Å². The van der Waals surface area contributed by atoms with Gasteiger partial charge in [0.05, 0.1) is 5.69 Å². The van der Waals surface area contributed by atoms with Crippen molar-refractivity contribution in [3.05, 3.63) is 28.7 Å². The standard InChI is InChI=1S/C19H28N6O2/c1-12-15(13(2)24(3)22-12)11-20-19(27)16-10-17(25(4)23-16)21-18(26)14-8-6-5-7-9-14/h10,14H,5-9,11H2,1-4H3,(H,20,27)(H,21,26). The molecule has 2 N–H and O–H groups in total. The molecular formula is C19H28N6O2. The van der Waals surface area contributed by atoms with Gasteiger partial charge in [-0.25, -0.2) is 0 Å². The summed E-state index contributed by atoms with van der Waals surface area (Å²) in [5, 5.41) is 14.4. The molecule has 1 saturated carbocycles. The fourth-order valence-electron chi connectivity index (χ4n) is 3.62. The van der Waals surface area contributed by atoms with Gasteiger partial charge in [0.2, 0.25) is 5.91 Å². The Kier molecular flexibility index (Phi) is 5.62. The molecule has 8 heteroatoms. The van der Waals surface area contributed by atoms with Crippen molar-refractivity contribution in [1.29, 1.82) is 0 Å². The van der Waals surface area contributed by atoms with E-state index >= 15 is 0 Å². The van der Waals surface area contributed by atoms with Gasteiger partial charge in [-0.3, -0.25) is 19.0 Å². The third-order valence-electron chi connectivity index (χ3n) is 5.42. The van der Waals surface area contributed by atoms with Gasteiger partial charge in [0.25, 0.3) is 5.91 Å². The van der Waals surface area contributed by atoms with E-state index in [1.807, 2.05) is 20.9 Å². The highest BCUT2D eigenvalue weighted by Gasteiger charge is 2.23. The summed E-state index contributed by atoms with van der Waals surface area (Å²) in [6.07, 6.45) is 5.27. The van der Waals surface area contributed by atoms with Gasteiger partial charge >= 0.3 is 0 Å². The summed E-state index contributed by atoms with van der Waals surface area (Å²) in [5.41, 5.74) is 3.22. The van der Waals surface area contributed by atoms with E-state index in [0.29, 0.717) is 12.4 Å². The number of hydrogen-bond acceptors (Lipinski definition) is 4. The van der Waals surface area contributed by atoms with Crippen LogP contribution in [0.5, 0.6) is 0 Å². The molecule has 0 atom stereocenters. The molecule has 0 bridgehead atoms. The summed E-state index contributed by atoms with van der Waals surface area (Å²) in [5.74, 6) is 0.351. The monoisotopic (exact) mass is 372 g/mol. The van der Waals surface area contributed by atoms with Gasteiger partial charge in [-0.15, -0.1) is 0 Å². The van der Waals surface area contributed by atoms with Crippen LogP contribution in [-0.4, -0.2) is 31.4 Å². The lowest BCUT2D eigenvalue weighted by molar-refractivity contribution is -0.120. The summed E-state index contributed by atoms with van der Waals surface area (Å²) < 4.78 is 3.34. The summed E-state index contributed by atoms with van der Waals surface area (Å²) in [7, 11) is 3.61. The van der Waals surface area contributed by atoms with Crippen LogP contribution in [0.3, 0.4) is 0 Å². The smallest absolute Gasteiger partial charge is 0.272 e. The van der Waals surface area contributed by atoms with E-state index in [9.17, 15) is 9.59 Å². The molecule has 2 heterocycles. The summed E-state index contributed by atoms with van der Waals surface area (Å²) in [4.78, 5) is 24.9. The van der Waals surface area contributed by atoms with Crippen LogP contribution >= 0.6 is 0 Å². The van der Waals surface area contributed by atoms with Crippen LogP contribution in [0.2, 0.25) is 0 Å². The Morgan fingerprint density at radius 3 is 2.44 bits per heavy atom. The first-order valence-corrected chi connectivity index (χ1v) is 9.49. The normalized spacial score (nSPS) is 15.0. The third-order valence-corrected chi connectivity index (χ3v) is 5.42. The van der Waals surface area contributed by atoms with Crippen molar-refractivity contribution < 1.29 is 9.59 Å². The second kappa shape index (κ2) is 7.94. The highest BCUT2D eigenvalue weighted by Crippen LogP contribution is 2.25. The van der Waals surface area contributed by atoms with Crippen LogP contribution in [0, 0.1) is 19.8 Å². The van der Waals surface area contributed by atoms with Crippen molar-refractivity contribution >= 4 is 17.6 Å². The second-order valence-electron chi connectivity index (χ2n) is 7.32. The SMILES string of the molecule is Cc1nn(C)c(C)c1CNC(=O)c1cc(NC(=O)C2CCCCC2)n(C)n1. The zero-order chi connectivity index (χ0) is 19.6. The van der Waals surface area contributed by atoms with Gasteiger partial charge in [-0.2, -0.15) is 10.2 Å². The Labute approximate surface area is 159 Å². The zero-order valence-electron chi connectivity index (χ0n) is 16.5. The molecule has 1 aliphatic carbocycles. The molecule has 146 valence electrons. The summed E-state index contributed by atoms with van der Waals surface area (Å²) in [6, 6.07) is 1.62. The van der Waals surface area contributed by atoms with E-state index in [-0.39, 0.29) is 23.4 Å². The van der Waals surface area contributed by atoms with Crippen molar-refractivity contribution in [2.75, 3.05) is 5.32 Å². The predicted octanol–water partition coefficient (Wildman–Crippen LogP) is 2.22. The van der Waals surface area contributed by atoms with Crippen molar-refractivity contribution in [3.8, 4) is 0 Å². The van der Waals surface area contributed by atoms with Gasteiger partial charge < -0.3 is 10.6 Å². The van der Waals surface area contributed by atoms with Crippen molar-refractivity contribution in [1.82, 2.24) is 24.9 Å². The Morgan fingerprint density at radius 2 is 1.81 bits per heavy atom. The van der Waals surface area contributed by atoms with Crippen LogP contribution in [0.4, 0.5) is 5.82 Å². The van der Waals surface area contributed by atoms with Gasteiger partial charge in [0.1, 0.15) is 5.82 Å². The average molecular weight is 372 g/mol. The highest BCUT2D eigenvalue weighted by molar-refractivity contribution is 5.96. The van der Waals surface area contributed by atoms with Crippen molar-refractivity contribution in [2.24, 2.45) is 20.0 Å². The lowest BCUT2D eigenvalue weighted by Gasteiger charge is -2.20. The minimum absolute atomic E-state index is 0.0197. The number of nitrogens with one attached hydrogen (secondary N) is 2. The number of hydrogen-bond donors (Lipinski definition) is 2. The molecule has 2 aromatic rings. The maximum atomic E-state index is 12.5. The topological polar surface area (TPSA) is 93.8 Å². The number of anilines is 1. The number of carbonyl (C=O) groups is 2. The quantitative estimate of drug-likeness (QED) is 0.841. The first-order chi connectivity index (χ1) is 12.9. The molecule has 8 nitrogen and oxygen atoms in total. The number of aryl methyl sites for hydroxylation is 3. The highest BCUT2D eigenvalue weighted by atomic mass is 16.2. The first-order valence-electron chi connectivity index (χ1n) is 9.49. The largest absolute Gasteiger partial charge is 0.346 e. The van der Waals surface area contributed by atoms with E-state index in [1.54, 1.807) is 17.8 Å². The van der Waals surface area contributed by atoms with Gasteiger partial charge in [-0.1, -0.05) is 19.3 Å². The second-order valence-corrected chi connectivity index (χ2v) is 7.32. The number of rotatable bonds is 5. The van der Waals surface area contributed by atoms with Crippen LogP contribution in [-0.2, 0) is 25.4 Å². The Hall–Kier alpha value is -2.64. The molecular weight excluding hydrogens is 344 g/mol. The maximum absolute atomic E-state index is 12.5. The number of nitrogens with zero attached hydrogens (tertiary/aromatic N) is 4. The number of carbonyl (C=O) groups excluding carboxylic acids is 2. The molecule has 0 aliphatic heterocycles. The number of amides is 2. The molecule has 0 radical (unpaired) electrons. The molecule has 1 fully saturated rings. The summed E-state index contributed by atoms with van der Waals surface area (Å²) in [6.45, 7) is 4.29. The van der Waals surface area contributed by atoms with Crippen LogP contribution in [0.15, 0.2) is 6.07 Å². The Bertz CT molecular complexity index is 845.